The first-order chi connectivity index (χ1) is 15.9. The van der Waals surface area contributed by atoms with Crippen LogP contribution in [0.3, 0.4) is 0 Å². The van der Waals surface area contributed by atoms with E-state index in [2.05, 4.69) is 12.4 Å². The molecule has 6 heteroatoms. The van der Waals surface area contributed by atoms with E-state index in [4.69, 9.17) is 0 Å². The van der Waals surface area contributed by atoms with Crippen LogP contribution in [0.1, 0.15) is 16.7 Å². The first-order valence-electron chi connectivity index (χ1n) is 11.6. The summed E-state index contributed by atoms with van der Waals surface area (Å²) in [7, 11) is 2.23. The lowest BCUT2D eigenvalue weighted by Crippen LogP contribution is -3.00. The second-order valence-corrected chi connectivity index (χ2v) is 9.92. The summed E-state index contributed by atoms with van der Waals surface area (Å²) in [6.45, 7) is 3.45. The summed E-state index contributed by atoms with van der Waals surface area (Å²) < 4.78 is 14.5. The minimum Gasteiger partial charge on any atom is -1.00 e. The quantitative estimate of drug-likeness (QED) is 0.324. The van der Waals surface area contributed by atoms with Crippen LogP contribution in [0.4, 0.5) is 4.39 Å². The van der Waals surface area contributed by atoms with E-state index >= 15 is 0 Å². The Hall–Kier alpha value is -2.29. The van der Waals surface area contributed by atoms with Crippen LogP contribution in [-0.4, -0.2) is 42.2 Å². The standard InChI is InChI=1S/C28H29FN2O2.HI/c1-31(17-20-9-8-14-23(29)15-20)18-25-24(26(25)19-31)16-30-27(32)28(33,21-10-4-2-5-11-21)22-12-6-3-7-13-22;/h2-15,24-26,33H,16-19H2,1H3;1H. The molecule has 1 amide bonds. The minimum absolute atomic E-state index is 0. The number of nitrogens with one attached hydrogen (secondary N) is 1. The fourth-order valence-electron chi connectivity index (χ4n) is 5.79. The molecule has 2 fully saturated rings. The molecular weight excluding hydrogens is 542 g/mol. The van der Waals surface area contributed by atoms with E-state index in [0.29, 0.717) is 35.4 Å². The molecule has 3 aromatic rings. The monoisotopic (exact) mass is 572 g/mol. The molecule has 34 heavy (non-hydrogen) atoms. The van der Waals surface area contributed by atoms with Crippen LogP contribution in [0.2, 0.25) is 0 Å². The van der Waals surface area contributed by atoms with Crippen molar-refractivity contribution >= 4 is 5.91 Å². The van der Waals surface area contributed by atoms with Gasteiger partial charge in [-0.05, 0) is 29.2 Å². The molecule has 0 bridgehead atoms. The molecular formula is C28H30FIN2O2. The van der Waals surface area contributed by atoms with Gasteiger partial charge in [-0.3, -0.25) is 4.79 Å². The number of fused-ring (bicyclic) bond motifs is 1. The Bertz CT molecular complexity index is 1090. The van der Waals surface area contributed by atoms with Crippen LogP contribution >= 0.6 is 0 Å². The number of rotatable bonds is 7. The van der Waals surface area contributed by atoms with Crippen LogP contribution in [0, 0.1) is 23.6 Å². The van der Waals surface area contributed by atoms with Gasteiger partial charge in [0.15, 0.2) is 5.60 Å². The number of likely N-dealkylation sites (tertiary alicyclic amines) is 1. The van der Waals surface area contributed by atoms with E-state index in [-0.39, 0.29) is 35.7 Å². The zero-order valence-electron chi connectivity index (χ0n) is 19.2. The van der Waals surface area contributed by atoms with Crippen LogP contribution < -0.4 is 29.3 Å². The molecule has 1 aliphatic carbocycles. The predicted molar refractivity (Wildman–Crippen MR) is 125 cm³/mol. The Labute approximate surface area is 217 Å². The normalized spacial score (nSPS) is 25.2. The molecule has 4 nitrogen and oxygen atoms in total. The van der Waals surface area contributed by atoms with Crippen molar-refractivity contribution in [3.05, 3.63) is 107 Å². The number of amides is 1. The SMILES string of the molecule is C[N+]1(Cc2cccc(F)c2)CC2C(CNC(=O)C(O)(c3ccccc3)c3ccccc3)C2C1.[I-]. The number of benzene rings is 3. The topological polar surface area (TPSA) is 49.3 Å². The number of carbonyl (C=O) groups excluding carboxylic acids is 1. The molecule has 1 saturated heterocycles. The lowest BCUT2D eigenvalue weighted by atomic mass is 9.85. The molecule has 0 aromatic heterocycles. The highest BCUT2D eigenvalue weighted by Crippen LogP contribution is 2.54. The second kappa shape index (κ2) is 9.76. The number of nitrogens with zero attached hydrogens (tertiary/aromatic N) is 1. The average Bonchev–Trinajstić information content (AvgIpc) is 3.31. The maximum absolute atomic E-state index is 13.6. The Morgan fingerprint density at radius 3 is 2.06 bits per heavy atom. The molecule has 2 N–H and O–H groups in total. The van der Waals surface area contributed by atoms with Crippen molar-refractivity contribution in [1.29, 1.82) is 0 Å². The van der Waals surface area contributed by atoms with E-state index in [1.807, 2.05) is 42.5 Å². The van der Waals surface area contributed by atoms with E-state index in [9.17, 15) is 14.3 Å². The third-order valence-corrected chi connectivity index (χ3v) is 7.48. The molecule has 2 aliphatic rings. The number of hydrogen-bond donors (Lipinski definition) is 2. The summed E-state index contributed by atoms with van der Waals surface area (Å²) >= 11 is 0. The maximum atomic E-state index is 13.6. The number of carbonyl (C=O) groups is 1. The summed E-state index contributed by atoms with van der Waals surface area (Å²) in [6.07, 6.45) is 0. The summed E-state index contributed by atoms with van der Waals surface area (Å²) in [5, 5.41) is 14.6. The Morgan fingerprint density at radius 2 is 1.53 bits per heavy atom. The maximum Gasteiger partial charge on any atom is 0.261 e. The molecule has 2 unspecified atom stereocenters. The number of halogens is 2. The Morgan fingerprint density at radius 1 is 0.971 bits per heavy atom. The molecule has 1 heterocycles. The van der Waals surface area contributed by atoms with E-state index in [1.165, 1.54) is 6.07 Å². The van der Waals surface area contributed by atoms with Gasteiger partial charge in [0.05, 0.1) is 20.1 Å². The summed E-state index contributed by atoms with van der Waals surface area (Å²) in [5.41, 5.74) is 0.418. The highest BCUT2D eigenvalue weighted by Gasteiger charge is 2.61. The molecule has 0 spiro atoms. The minimum atomic E-state index is -1.73. The van der Waals surface area contributed by atoms with Crippen LogP contribution in [0.15, 0.2) is 84.9 Å². The van der Waals surface area contributed by atoms with Crippen LogP contribution in [0.5, 0.6) is 0 Å². The molecule has 178 valence electrons. The third-order valence-electron chi connectivity index (χ3n) is 7.48. The van der Waals surface area contributed by atoms with Gasteiger partial charge >= 0.3 is 0 Å². The van der Waals surface area contributed by atoms with E-state index in [1.54, 1.807) is 36.4 Å². The fraction of sp³-hybridized carbons (Fsp3) is 0.321. The highest BCUT2D eigenvalue weighted by atomic mass is 127. The Kier molecular flexibility index (Phi) is 7.12. The summed E-state index contributed by atoms with van der Waals surface area (Å²) in [5.74, 6) is 0.981. The van der Waals surface area contributed by atoms with Crippen molar-refractivity contribution in [2.45, 2.75) is 12.1 Å². The number of aliphatic hydroxyl groups is 1. The van der Waals surface area contributed by atoms with Crippen molar-refractivity contribution in [3.63, 3.8) is 0 Å². The molecule has 2 atom stereocenters. The zero-order valence-corrected chi connectivity index (χ0v) is 21.4. The fourth-order valence-corrected chi connectivity index (χ4v) is 5.79. The average molecular weight is 572 g/mol. The molecule has 5 rings (SSSR count). The summed E-state index contributed by atoms with van der Waals surface area (Å²) in [4.78, 5) is 13.3. The van der Waals surface area contributed by atoms with Crippen molar-refractivity contribution in [2.24, 2.45) is 17.8 Å². The van der Waals surface area contributed by atoms with Gasteiger partial charge in [0.1, 0.15) is 12.4 Å². The van der Waals surface area contributed by atoms with Gasteiger partial charge in [-0.1, -0.05) is 72.8 Å². The predicted octanol–water partition coefficient (Wildman–Crippen LogP) is 0.704. The largest absolute Gasteiger partial charge is 1.00 e. The number of quaternary nitrogens is 1. The molecule has 0 radical (unpaired) electrons. The lowest BCUT2D eigenvalue weighted by Gasteiger charge is -2.33. The van der Waals surface area contributed by atoms with Gasteiger partial charge in [-0.2, -0.15) is 0 Å². The van der Waals surface area contributed by atoms with Crippen molar-refractivity contribution < 1.29 is 42.8 Å². The first-order valence-corrected chi connectivity index (χ1v) is 11.6. The van der Waals surface area contributed by atoms with Gasteiger partial charge in [0.25, 0.3) is 5.91 Å². The summed E-state index contributed by atoms with van der Waals surface area (Å²) in [6, 6.07) is 25.1. The van der Waals surface area contributed by atoms with Gasteiger partial charge < -0.3 is 38.9 Å². The highest BCUT2D eigenvalue weighted by molar-refractivity contribution is 5.90. The molecule has 3 aromatic carbocycles. The third kappa shape index (κ3) is 4.76. The van der Waals surface area contributed by atoms with Crippen LogP contribution in [-0.2, 0) is 16.9 Å². The van der Waals surface area contributed by atoms with E-state index < -0.39 is 5.60 Å². The number of hydrogen-bond acceptors (Lipinski definition) is 2. The van der Waals surface area contributed by atoms with Gasteiger partial charge in [0, 0.05) is 23.9 Å². The van der Waals surface area contributed by atoms with Crippen molar-refractivity contribution in [1.82, 2.24) is 5.32 Å². The second-order valence-electron chi connectivity index (χ2n) is 9.92. The van der Waals surface area contributed by atoms with Gasteiger partial charge in [0.2, 0.25) is 0 Å². The van der Waals surface area contributed by atoms with Gasteiger partial charge in [-0.25, -0.2) is 4.39 Å². The van der Waals surface area contributed by atoms with Gasteiger partial charge in [-0.15, -0.1) is 0 Å². The Balaban J connectivity index is 0.00000274. The number of piperidine rings is 1. The zero-order chi connectivity index (χ0) is 23.1. The van der Waals surface area contributed by atoms with Crippen molar-refractivity contribution in [2.75, 3.05) is 26.7 Å². The van der Waals surface area contributed by atoms with Crippen molar-refractivity contribution in [3.8, 4) is 0 Å². The smallest absolute Gasteiger partial charge is 0.261 e. The van der Waals surface area contributed by atoms with Crippen LogP contribution in [0.25, 0.3) is 0 Å². The molecule has 1 aliphatic heterocycles. The first kappa shape index (κ1) is 24.8. The lowest BCUT2D eigenvalue weighted by molar-refractivity contribution is -0.916. The molecule has 1 saturated carbocycles. The van der Waals surface area contributed by atoms with E-state index in [0.717, 1.165) is 29.7 Å².